The maximum atomic E-state index is 12.9. The van der Waals surface area contributed by atoms with E-state index in [-0.39, 0.29) is 34.7 Å². The number of carbonyl (C=O) groups excluding carboxylic acids is 1. The van der Waals surface area contributed by atoms with Crippen LogP contribution in [0.4, 0.5) is 0 Å². The average Bonchev–Trinajstić information content (AvgIpc) is 3.12. The van der Waals surface area contributed by atoms with E-state index in [1.807, 2.05) is 0 Å². The van der Waals surface area contributed by atoms with Crippen LogP contribution >= 0.6 is 11.6 Å². The van der Waals surface area contributed by atoms with Crippen LogP contribution in [0.15, 0.2) is 12.1 Å². The van der Waals surface area contributed by atoms with E-state index in [4.69, 9.17) is 11.6 Å². The standard InChI is InChI=1S/C16H15ClN2O5/c1-7-11(16(23)24)13-8(15(21)22)5-6-19(13)12(7)14(20)9-3-4-10(17)18(9)2/h3-4,8H,5-6H2,1-2H3,(H,21,22)(H,23,24). The van der Waals surface area contributed by atoms with Gasteiger partial charge in [0, 0.05) is 19.3 Å². The van der Waals surface area contributed by atoms with Crippen molar-refractivity contribution in [3.8, 4) is 0 Å². The van der Waals surface area contributed by atoms with Crippen LogP contribution in [0.2, 0.25) is 5.15 Å². The van der Waals surface area contributed by atoms with Crippen molar-refractivity contribution in [1.82, 2.24) is 9.13 Å². The van der Waals surface area contributed by atoms with Gasteiger partial charge in [0.25, 0.3) is 0 Å². The Kier molecular flexibility index (Phi) is 3.76. The number of ketones is 1. The summed E-state index contributed by atoms with van der Waals surface area (Å²) in [7, 11) is 1.64. The zero-order valence-corrected chi connectivity index (χ0v) is 13.8. The lowest BCUT2D eigenvalue weighted by atomic mass is 9.98. The van der Waals surface area contributed by atoms with Gasteiger partial charge in [-0.3, -0.25) is 9.59 Å². The molecule has 2 N–H and O–H groups in total. The minimum Gasteiger partial charge on any atom is -0.481 e. The Hall–Kier alpha value is -2.54. The summed E-state index contributed by atoms with van der Waals surface area (Å²) in [6, 6.07) is 3.14. The molecule has 8 heteroatoms. The van der Waals surface area contributed by atoms with Crippen molar-refractivity contribution in [3.63, 3.8) is 0 Å². The van der Waals surface area contributed by atoms with E-state index < -0.39 is 17.9 Å². The first kappa shape index (κ1) is 16.3. The highest BCUT2D eigenvalue weighted by Gasteiger charge is 2.39. The molecule has 1 aliphatic rings. The van der Waals surface area contributed by atoms with Gasteiger partial charge >= 0.3 is 11.9 Å². The fourth-order valence-corrected chi connectivity index (χ4v) is 3.55. The number of rotatable bonds is 4. The largest absolute Gasteiger partial charge is 0.481 e. The molecule has 3 rings (SSSR count). The number of nitrogens with zero attached hydrogens (tertiary/aromatic N) is 2. The Morgan fingerprint density at radius 3 is 2.42 bits per heavy atom. The quantitative estimate of drug-likeness (QED) is 0.824. The van der Waals surface area contributed by atoms with Crippen LogP contribution in [-0.4, -0.2) is 37.1 Å². The number of halogens is 1. The van der Waals surface area contributed by atoms with Gasteiger partial charge in [0.15, 0.2) is 0 Å². The lowest BCUT2D eigenvalue weighted by Gasteiger charge is -2.08. The number of aliphatic carboxylic acids is 1. The normalized spacial score (nSPS) is 16.2. The van der Waals surface area contributed by atoms with Crippen LogP contribution in [0.5, 0.6) is 0 Å². The highest BCUT2D eigenvalue weighted by molar-refractivity contribution is 6.30. The molecular formula is C16H15ClN2O5. The van der Waals surface area contributed by atoms with E-state index in [1.54, 1.807) is 19.2 Å². The molecule has 24 heavy (non-hydrogen) atoms. The van der Waals surface area contributed by atoms with Gasteiger partial charge in [-0.25, -0.2) is 4.79 Å². The van der Waals surface area contributed by atoms with Gasteiger partial charge in [0.1, 0.15) is 5.15 Å². The number of fused-ring (bicyclic) bond motifs is 1. The molecule has 2 aromatic rings. The number of aromatic nitrogens is 2. The predicted molar refractivity (Wildman–Crippen MR) is 85.0 cm³/mol. The summed E-state index contributed by atoms with van der Waals surface area (Å²) >= 11 is 5.97. The number of carboxylic acids is 2. The zero-order valence-electron chi connectivity index (χ0n) is 13.0. The second-order valence-corrected chi connectivity index (χ2v) is 6.19. The molecule has 1 unspecified atom stereocenters. The highest BCUT2D eigenvalue weighted by atomic mass is 35.5. The molecule has 0 saturated carbocycles. The van der Waals surface area contributed by atoms with Crippen molar-refractivity contribution in [1.29, 1.82) is 0 Å². The summed E-state index contributed by atoms with van der Waals surface area (Å²) in [6.07, 6.45) is 0.263. The van der Waals surface area contributed by atoms with Gasteiger partial charge in [0.2, 0.25) is 5.78 Å². The molecule has 0 spiro atoms. The van der Waals surface area contributed by atoms with E-state index in [0.717, 1.165) is 0 Å². The number of carboxylic acid groups (broad SMARTS) is 2. The predicted octanol–water partition coefficient (Wildman–Crippen LogP) is 2.29. The summed E-state index contributed by atoms with van der Waals surface area (Å²) in [5, 5.41) is 19.2. The van der Waals surface area contributed by atoms with Crippen LogP contribution in [-0.2, 0) is 18.4 Å². The first-order chi connectivity index (χ1) is 11.3. The summed E-state index contributed by atoms with van der Waals surface area (Å²) in [5.41, 5.74) is 0.911. The molecular weight excluding hydrogens is 336 g/mol. The van der Waals surface area contributed by atoms with Gasteiger partial charge in [0.05, 0.1) is 22.9 Å². The highest BCUT2D eigenvalue weighted by Crippen LogP contribution is 2.38. The molecule has 0 aromatic carbocycles. The Balaban J connectivity index is 2.24. The maximum Gasteiger partial charge on any atom is 0.337 e. The van der Waals surface area contributed by atoms with E-state index in [9.17, 15) is 24.6 Å². The van der Waals surface area contributed by atoms with Crippen molar-refractivity contribution in [3.05, 3.63) is 45.5 Å². The van der Waals surface area contributed by atoms with Crippen LogP contribution < -0.4 is 0 Å². The molecule has 2 aromatic heterocycles. The summed E-state index contributed by atoms with van der Waals surface area (Å²) in [6.45, 7) is 1.82. The lowest BCUT2D eigenvalue weighted by molar-refractivity contribution is -0.138. The van der Waals surface area contributed by atoms with Gasteiger partial charge in [-0.2, -0.15) is 0 Å². The molecule has 1 aliphatic heterocycles. The van der Waals surface area contributed by atoms with E-state index in [0.29, 0.717) is 17.4 Å². The van der Waals surface area contributed by atoms with Crippen LogP contribution in [0.25, 0.3) is 0 Å². The third-order valence-electron chi connectivity index (χ3n) is 4.54. The zero-order chi connectivity index (χ0) is 17.8. The summed E-state index contributed by atoms with van der Waals surface area (Å²) in [5.74, 6) is -3.61. The second-order valence-electron chi connectivity index (χ2n) is 5.80. The van der Waals surface area contributed by atoms with Gasteiger partial charge < -0.3 is 19.3 Å². The lowest BCUT2D eigenvalue weighted by Crippen LogP contribution is -2.13. The van der Waals surface area contributed by atoms with Gasteiger partial charge in [-0.1, -0.05) is 11.6 Å². The topological polar surface area (TPSA) is 102 Å². The van der Waals surface area contributed by atoms with Crippen LogP contribution in [0.3, 0.4) is 0 Å². The average molecular weight is 351 g/mol. The Morgan fingerprint density at radius 2 is 1.92 bits per heavy atom. The smallest absolute Gasteiger partial charge is 0.337 e. The van der Waals surface area contributed by atoms with E-state index in [1.165, 1.54) is 16.1 Å². The Bertz CT molecular complexity index is 893. The molecule has 0 aliphatic carbocycles. The number of carbonyl (C=O) groups is 3. The Morgan fingerprint density at radius 1 is 1.25 bits per heavy atom. The fourth-order valence-electron chi connectivity index (χ4n) is 3.40. The number of aromatic carboxylic acids is 1. The summed E-state index contributed by atoms with van der Waals surface area (Å²) in [4.78, 5) is 36.0. The van der Waals surface area contributed by atoms with Crippen molar-refractivity contribution >= 4 is 29.3 Å². The van der Waals surface area contributed by atoms with Crippen molar-refractivity contribution in [2.75, 3.05) is 0 Å². The number of hydrogen-bond donors (Lipinski definition) is 2. The van der Waals surface area contributed by atoms with Crippen LogP contribution in [0, 0.1) is 6.92 Å². The molecule has 0 saturated heterocycles. The molecule has 0 bridgehead atoms. The van der Waals surface area contributed by atoms with Gasteiger partial charge in [-0.05, 0) is 31.0 Å². The minimum atomic E-state index is -1.23. The molecule has 0 radical (unpaired) electrons. The summed E-state index contributed by atoms with van der Waals surface area (Å²) < 4.78 is 3.04. The van der Waals surface area contributed by atoms with Crippen LogP contribution in [0.1, 0.15) is 50.1 Å². The minimum absolute atomic E-state index is 0.0939. The molecule has 7 nitrogen and oxygen atoms in total. The monoisotopic (exact) mass is 350 g/mol. The third kappa shape index (κ3) is 2.16. The molecule has 0 fully saturated rings. The molecule has 3 heterocycles. The molecule has 0 amide bonds. The third-order valence-corrected chi connectivity index (χ3v) is 4.92. The fraction of sp³-hybridized carbons (Fsp3) is 0.312. The van der Waals surface area contributed by atoms with Crippen molar-refractivity contribution < 1.29 is 24.6 Å². The second kappa shape index (κ2) is 5.52. The van der Waals surface area contributed by atoms with Crippen molar-refractivity contribution in [2.45, 2.75) is 25.8 Å². The first-order valence-corrected chi connectivity index (χ1v) is 7.68. The Labute approximate surface area is 142 Å². The van der Waals surface area contributed by atoms with E-state index >= 15 is 0 Å². The molecule has 1 atom stereocenters. The maximum absolute atomic E-state index is 12.9. The molecule has 126 valence electrons. The SMILES string of the molecule is Cc1c(C(=O)O)c2n(c1C(=O)c1ccc(Cl)n1C)CCC2C(=O)O. The van der Waals surface area contributed by atoms with Gasteiger partial charge in [-0.15, -0.1) is 0 Å². The van der Waals surface area contributed by atoms with Crippen molar-refractivity contribution in [2.24, 2.45) is 7.05 Å². The number of hydrogen-bond acceptors (Lipinski definition) is 3. The first-order valence-electron chi connectivity index (χ1n) is 7.30. The van der Waals surface area contributed by atoms with E-state index in [2.05, 4.69) is 0 Å².